The van der Waals surface area contributed by atoms with Gasteiger partial charge in [0.1, 0.15) is 5.75 Å². The molecular formula is C35H34N2O5. The quantitative estimate of drug-likeness (QED) is 0.237. The van der Waals surface area contributed by atoms with Gasteiger partial charge in [-0.15, -0.1) is 0 Å². The SMILES string of the molecule is COc1cc2c3c4c1Oc1cc5c(cc1O4)[C@H](Cc1ccc(O)c(c1)Oc1ccc(cc1)C[C@@H]3N(C)CC2)N(C)CC5. The van der Waals surface area contributed by atoms with Crippen LogP contribution in [0.3, 0.4) is 0 Å². The van der Waals surface area contributed by atoms with Crippen LogP contribution in [0.25, 0.3) is 0 Å². The molecule has 0 radical (unpaired) electrons. The highest BCUT2D eigenvalue weighted by Gasteiger charge is 2.37. The van der Waals surface area contributed by atoms with Crippen LogP contribution in [-0.2, 0) is 25.7 Å². The third-order valence-corrected chi connectivity index (χ3v) is 9.43. The van der Waals surface area contributed by atoms with Gasteiger partial charge in [0, 0.05) is 30.7 Å². The summed E-state index contributed by atoms with van der Waals surface area (Å²) in [4.78, 5) is 4.80. The standard InChI is InChI=1S/C35H34N2O5/c1-36-12-10-22-17-30-31-19-25(22)26(36)15-21-6-9-28(38)29(16-21)40-24-7-4-20(5-8-24)14-27-33-23(11-13-37(27)2)18-32(39-3)34(41-30)35(33)42-31/h4-9,16-19,26-27,38H,10-15H2,1-3H3/t26-,27-/m0/s1. The Balaban J connectivity index is 1.33. The van der Waals surface area contributed by atoms with Gasteiger partial charge in [-0.2, -0.15) is 0 Å². The molecule has 1 N–H and O–H groups in total. The Hall–Kier alpha value is -4.20. The van der Waals surface area contributed by atoms with Crippen LogP contribution in [0.15, 0.2) is 60.7 Å². The summed E-state index contributed by atoms with van der Waals surface area (Å²) in [5, 5.41) is 10.6. The predicted octanol–water partition coefficient (Wildman–Crippen LogP) is 6.95. The lowest BCUT2D eigenvalue weighted by atomic mass is 9.86. The van der Waals surface area contributed by atoms with Gasteiger partial charge in [-0.25, -0.2) is 0 Å². The molecule has 9 rings (SSSR count). The van der Waals surface area contributed by atoms with Gasteiger partial charge < -0.3 is 24.1 Å². The molecule has 0 unspecified atom stereocenters. The van der Waals surface area contributed by atoms with E-state index in [2.05, 4.69) is 54.2 Å². The normalized spacial score (nSPS) is 20.6. The van der Waals surface area contributed by atoms with Crippen LogP contribution in [0.1, 0.15) is 45.5 Å². The molecule has 0 saturated heterocycles. The van der Waals surface area contributed by atoms with Crippen LogP contribution in [-0.4, -0.2) is 49.2 Å². The average Bonchev–Trinajstić information content (AvgIpc) is 3.00. The number of fused-ring (bicyclic) bond motifs is 2. The fraction of sp³-hybridized carbons (Fsp3) is 0.314. The van der Waals surface area contributed by atoms with E-state index in [4.69, 9.17) is 18.9 Å². The predicted molar refractivity (Wildman–Crippen MR) is 160 cm³/mol. The number of benzene rings is 4. The van der Waals surface area contributed by atoms with Gasteiger partial charge in [-0.3, -0.25) is 9.80 Å². The summed E-state index contributed by atoms with van der Waals surface area (Å²) in [5.74, 6) is 4.89. The van der Waals surface area contributed by atoms with Crippen LogP contribution in [0.4, 0.5) is 0 Å². The number of likely N-dealkylation sites (N-methyl/N-ethyl adjacent to an activating group) is 2. The smallest absolute Gasteiger partial charge is 0.212 e. The topological polar surface area (TPSA) is 63.6 Å². The van der Waals surface area contributed by atoms with Crippen LogP contribution in [0.2, 0.25) is 0 Å². The second kappa shape index (κ2) is 9.68. The molecule has 214 valence electrons. The summed E-state index contributed by atoms with van der Waals surface area (Å²) in [6.45, 7) is 1.88. The number of methoxy groups -OCH3 is 1. The summed E-state index contributed by atoms with van der Waals surface area (Å²) in [6.07, 6.45) is 3.41. The van der Waals surface area contributed by atoms with Crippen molar-refractivity contribution in [2.75, 3.05) is 34.3 Å². The first-order valence-corrected chi connectivity index (χ1v) is 14.7. The van der Waals surface area contributed by atoms with Crippen molar-refractivity contribution in [1.29, 1.82) is 0 Å². The van der Waals surface area contributed by atoms with Gasteiger partial charge in [0.2, 0.25) is 5.75 Å². The Morgan fingerprint density at radius 1 is 0.714 bits per heavy atom. The van der Waals surface area contributed by atoms with Crippen molar-refractivity contribution in [2.24, 2.45) is 0 Å². The molecule has 5 aliphatic rings. The molecule has 5 aliphatic heterocycles. The maximum absolute atomic E-state index is 10.6. The lowest BCUT2D eigenvalue weighted by molar-refractivity contribution is 0.218. The van der Waals surface area contributed by atoms with Crippen LogP contribution in [0, 0.1) is 0 Å². The van der Waals surface area contributed by atoms with E-state index in [0.717, 1.165) is 67.1 Å². The van der Waals surface area contributed by atoms with E-state index in [0.29, 0.717) is 23.0 Å². The molecule has 7 nitrogen and oxygen atoms in total. The number of nitrogens with zero attached hydrogens (tertiary/aromatic N) is 2. The fourth-order valence-corrected chi connectivity index (χ4v) is 7.05. The van der Waals surface area contributed by atoms with Gasteiger partial charge in [-0.1, -0.05) is 18.2 Å². The second-order valence-corrected chi connectivity index (χ2v) is 12.0. The Morgan fingerprint density at radius 2 is 1.40 bits per heavy atom. The van der Waals surface area contributed by atoms with Crippen molar-refractivity contribution in [2.45, 2.75) is 37.8 Å². The van der Waals surface area contributed by atoms with Gasteiger partial charge in [0.15, 0.2) is 34.5 Å². The van der Waals surface area contributed by atoms with Gasteiger partial charge >= 0.3 is 0 Å². The Kier molecular flexibility index (Phi) is 5.88. The van der Waals surface area contributed by atoms with Crippen LogP contribution in [0.5, 0.6) is 46.0 Å². The van der Waals surface area contributed by atoms with Crippen molar-refractivity contribution in [3.05, 3.63) is 94.0 Å². The minimum Gasteiger partial charge on any atom is -0.504 e. The molecule has 7 bridgehead atoms. The molecule has 0 aromatic heterocycles. The van der Waals surface area contributed by atoms with Crippen molar-refractivity contribution >= 4 is 0 Å². The van der Waals surface area contributed by atoms with Gasteiger partial charge in [0.25, 0.3) is 0 Å². The van der Waals surface area contributed by atoms with E-state index in [9.17, 15) is 5.11 Å². The van der Waals surface area contributed by atoms with Crippen molar-refractivity contribution < 1.29 is 24.1 Å². The van der Waals surface area contributed by atoms with Crippen molar-refractivity contribution in [3.8, 4) is 46.0 Å². The molecule has 0 saturated carbocycles. The maximum Gasteiger partial charge on any atom is 0.212 e. The molecule has 2 atom stereocenters. The zero-order chi connectivity index (χ0) is 28.5. The average molecular weight is 563 g/mol. The van der Waals surface area contributed by atoms with E-state index >= 15 is 0 Å². The minimum atomic E-state index is 0.0986. The second-order valence-electron chi connectivity index (χ2n) is 12.0. The molecule has 0 aliphatic carbocycles. The van der Waals surface area contributed by atoms with E-state index in [-0.39, 0.29) is 17.8 Å². The lowest BCUT2D eigenvalue weighted by Gasteiger charge is -2.39. The summed E-state index contributed by atoms with van der Waals surface area (Å²) >= 11 is 0. The maximum atomic E-state index is 10.6. The monoisotopic (exact) mass is 562 g/mol. The molecule has 5 heterocycles. The highest BCUT2D eigenvalue weighted by atomic mass is 16.6. The largest absolute Gasteiger partial charge is 0.504 e. The molecule has 0 amide bonds. The fourth-order valence-electron chi connectivity index (χ4n) is 7.05. The minimum absolute atomic E-state index is 0.0986. The van der Waals surface area contributed by atoms with E-state index in [1.54, 1.807) is 13.2 Å². The Morgan fingerprint density at radius 3 is 2.21 bits per heavy atom. The Bertz CT molecular complexity index is 1720. The number of hydrogen-bond donors (Lipinski definition) is 1. The highest BCUT2D eigenvalue weighted by Crippen LogP contribution is 2.56. The van der Waals surface area contributed by atoms with Crippen LogP contribution < -0.4 is 18.9 Å². The molecule has 42 heavy (non-hydrogen) atoms. The molecule has 4 aromatic rings. The van der Waals surface area contributed by atoms with Gasteiger partial charge in [0.05, 0.1) is 7.11 Å². The number of phenols is 1. The number of phenolic OH excluding ortho intramolecular Hbond substituents is 1. The Labute approximate surface area is 245 Å². The number of aromatic hydroxyl groups is 1. The zero-order valence-electron chi connectivity index (χ0n) is 24.1. The third kappa shape index (κ3) is 4.10. The molecule has 4 aromatic carbocycles. The summed E-state index contributed by atoms with van der Waals surface area (Å²) in [6, 6.07) is 20.5. The highest BCUT2D eigenvalue weighted by molar-refractivity contribution is 5.67. The summed E-state index contributed by atoms with van der Waals surface area (Å²) in [5.41, 5.74) is 7.19. The van der Waals surface area contributed by atoms with E-state index < -0.39 is 0 Å². The zero-order valence-corrected chi connectivity index (χ0v) is 24.1. The van der Waals surface area contributed by atoms with Crippen molar-refractivity contribution in [1.82, 2.24) is 9.80 Å². The van der Waals surface area contributed by atoms with Crippen LogP contribution >= 0.6 is 0 Å². The number of hydrogen-bond acceptors (Lipinski definition) is 7. The van der Waals surface area contributed by atoms with Crippen molar-refractivity contribution in [3.63, 3.8) is 0 Å². The number of ether oxygens (including phenoxy) is 4. The first-order chi connectivity index (χ1) is 20.4. The molecule has 0 spiro atoms. The molecule has 0 fully saturated rings. The summed E-state index contributed by atoms with van der Waals surface area (Å²) < 4.78 is 25.6. The van der Waals surface area contributed by atoms with E-state index in [1.165, 1.54) is 22.3 Å². The lowest BCUT2D eigenvalue weighted by Crippen LogP contribution is -2.34. The number of rotatable bonds is 1. The van der Waals surface area contributed by atoms with E-state index in [1.807, 2.05) is 24.3 Å². The molecule has 7 heteroatoms. The van der Waals surface area contributed by atoms with Gasteiger partial charge in [-0.05, 0) is 110 Å². The first-order valence-electron chi connectivity index (χ1n) is 14.7. The summed E-state index contributed by atoms with van der Waals surface area (Å²) in [7, 11) is 6.05. The first kappa shape index (κ1) is 25.5. The third-order valence-electron chi connectivity index (χ3n) is 9.43. The molecular weight excluding hydrogens is 528 g/mol.